The molecule has 1 atom stereocenters. The van der Waals surface area contributed by atoms with Crippen molar-refractivity contribution in [2.45, 2.75) is 12.5 Å². The topological polar surface area (TPSA) is 91.8 Å². The number of carbonyl (C=O) groups excluding carboxylic acids is 3. The van der Waals surface area contributed by atoms with E-state index in [2.05, 4.69) is 0 Å². The van der Waals surface area contributed by atoms with E-state index in [1.165, 1.54) is 12.1 Å². The van der Waals surface area contributed by atoms with Crippen molar-refractivity contribution < 1.29 is 24.3 Å². The molecule has 0 aromatic heterocycles. The van der Waals surface area contributed by atoms with Crippen LogP contribution in [0.25, 0.3) is 0 Å². The van der Waals surface area contributed by atoms with Crippen molar-refractivity contribution in [3.63, 3.8) is 0 Å². The molecule has 0 bridgehead atoms. The molecule has 24 heavy (non-hydrogen) atoms. The molecular formula is C18H13NO5. The number of hydrogen-bond donors (Lipinski definition) is 1. The van der Waals surface area contributed by atoms with Crippen LogP contribution in [0.1, 0.15) is 36.6 Å². The smallest absolute Gasteiger partial charge is 0.327 e. The summed E-state index contributed by atoms with van der Waals surface area (Å²) in [6, 6.07) is 11.3. The van der Waals surface area contributed by atoms with Gasteiger partial charge in [-0.05, 0) is 17.7 Å². The second-order valence-electron chi connectivity index (χ2n) is 5.40. The molecule has 0 saturated carbocycles. The fraction of sp³-hybridized carbons (Fsp3) is 0.111. The highest BCUT2D eigenvalue weighted by Crippen LogP contribution is 2.26. The van der Waals surface area contributed by atoms with Gasteiger partial charge in [0.15, 0.2) is 0 Å². The molecule has 2 aromatic rings. The maximum atomic E-state index is 12.5. The summed E-state index contributed by atoms with van der Waals surface area (Å²) in [5.74, 6) is -2.57. The third kappa shape index (κ3) is 2.48. The summed E-state index contributed by atoms with van der Waals surface area (Å²) in [4.78, 5) is 48.5. The molecule has 0 aliphatic carbocycles. The lowest BCUT2D eigenvalue weighted by atomic mass is 10.00. The van der Waals surface area contributed by atoms with Gasteiger partial charge in [-0.1, -0.05) is 36.4 Å². The van der Waals surface area contributed by atoms with Gasteiger partial charge in [0.05, 0.1) is 11.1 Å². The molecule has 0 saturated heterocycles. The number of fused-ring (bicyclic) bond motifs is 1. The summed E-state index contributed by atoms with van der Waals surface area (Å²) in [5, 5.41) is 9.54. The standard InChI is InChI=1S/C18H13NO5/c20-10-12-6-2-1-5-11(12)9-15(18(23)24)19-16(21)13-7-3-4-8-14(13)17(19)22/h1-8,10,15H,9H2,(H,23,24)/t15-/m1/s1. The Balaban J connectivity index is 1.99. The van der Waals surface area contributed by atoms with Crippen molar-refractivity contribution in [2.24, 2.45) is 0 Å². The van der Waals surface area contributed by atoms with Crippen molar-refractivity contribution in [2.75, 3.05) is 0 Å². The molecule has 1 heterocycles. The zero-order chi connectivity index (χ0) is 17.3. The number of carboxylic acids is 1. The van der Waals surface area contributed by atoms with Crippen molar-refractivity contribution in [3.8, 4) is 0 Å². The van der Waals surface area contributed by atoms with Gasteiger partial charge >= 0.3 is 5.97 Å². The Bertz CT molecular complexity index is 823. The highest BCUT2D eigenvalue weighted by atomic mass is 16.4. The Labute approximate surface area is 137 Å². The van der Waals surface area contributed by atoms with Crippen molar-refractivity contribution >= 4 is 24.1 Å². The first kappa shape index (κ1) is 15.6. The number of nitrogens with zero attached hydrogens (tertiary/aromatic N) is 1. The van der Waals surface area contributed by atoms with E-state index in [9.17, 15) is 24.3 Å². The van der Waals surface area contributed by atoms with Crippen LogP contribution in [0.4, 0.5) is 0 Å². The Morgan fingerprint density at radius 3 is 2.08 bits per heavy atom. The predicted molar refractivity (Wildman–Crippen MR) is 83.9 cm³/mol. The van der Waals surface area contributed by atoms with Gasteiger partial charge in [-0.25, -0.2) is 4.79 Å². The molecule has 3 rings (SSSR count). The molecule has 0 unspecified atom stereocenters. The van der Waals surface area contributed by atoms with E-state index >= 15 is 0 Å². The minimum Gasteiger partial charge on any atom is -0.480 e. The third-order valence-corrected chi connectivity index (χ3v) is 4.02. The molecule has 0 spiro atoms. The Morgan fingerprint density at radius 2 is 1.54 bits per heavy atom. The zero-order valence-electron chi connectivity index (χ0n) is 12.5. The van der Waals surface area contributed by atoms with E-state index in [1.54, 1.807) is 36.4 Å². The summed E-state index contributed by atoms with van der Waals surface area (Å²) in [7, 11) is 0. The van der Waals surface area contributed by atoms with Crippen molar-refractivity contribution in [3.05, 3.63) is 70.8 Å². The maximum absolute atomic E-state index is 12.5. The largest absolute Gasteiger partial charge is 0.480 e. The summed E-state index contributed by atoms with van der Waals surface area (Å²) < 4.78 is 0. The highest BCUT2D eigenvalue weighted by Gasteiger charge is 2.42. The van der Waals surface area contributed by atoms with Gasteiger partial charge in [-0.3, -0.25) is 19.3 Å². The molecular weight excluding hydrogens is 310 g/mol. The Kier molecular flexibility index (Phi) is 3.95. The van der Waals surface area contributed by atoms with Gasteiger partial charge in [-0.2, -0.15) is 0 Å². The molecule has 0 fully saturated rings. The number of hydrogen-bond acceptors (Lipinski definition) is 4. The highest BCUT2D eigenvalue weighted by molar-refractivity contribution is 6.22. The van der Waals surface area contributed by atoms with Gasteiger partial charge in [-0.15, -0.1) is 0 Å². The van der Waals surface area contributed by atoms with E-state index in [0.29, 0.717) is 17.4 Å². The number of imide groups is 1. The van der Waals surface area contributed by atoms with Crippen LogP contribution in [0.3, 0.4) is 0 Å². The second-order valence-corrected chi connectivity index (χ2v) is 5.40. The summed E-state index contributed by atoms with van der Waals surface area (Å²) in [6.07, 6.45) is 0.492. The first-order chi connectivity index (χ1) is 11.5. The van der Waals surface area contributed by atoms with Crippen molar-refractivity contribution in [1.82, 2.24) is 4.90 Å². The van der Waals surface area contributed by atoms with E-state index in [-0.39, 0.29) is 17.5 Å². The lowest BCUT2D eigenvalue weighted by Crippen LogP contribution is -2.46. The average Bonchev–Trinajstić information content (AvgIpc) is 2.84. The lowest BCUT2D eigenvalue weighted by molar-refractivity contribution is -0.141. The van der Waals surface area contributed by atoms with Crippen LogP contribution in [0, 0.1) is 0 Å². The van der Waals surface area contributed by atoms with Crippen LogP contribution in [-0.4, -0.2) is 40.1 Å². The number of benzene rings is 2. The lowest BCUT2D eigenvalue weighted by Gasteiger charge is -2.23. The molecule has 6 heteroatoms. The van der Waals surface area contributed by atoms with Crippen molar-refractivity contribution in [1.29, 1.82) is 0 Å². The number of carboxylic acid groups (broad SMARTS) is 1. The predicted octanol–water partition coefficient (Wildman–Crippen LogP) is 1.79. The summed E-state index contributed by atoms with van der Waals surface area (Å²) in [6.45, 7) is 0. The molecule has 1 aliphatic rings. The second kappa shape index (κ2) is 6.08. The van der Waals surface area contributed by atoms with Crippen LogP contribution < -0.4 is 0 Å². The normalized spacial score (nSPS) is 14.4. The van der Waals surface area contributed by atoms with E-state index in [0.717, 1.165) is 4.90 Å². The van der Waals surface area contributed by atoms with E-state index in [1.807, 2.05) is 0 Å². The summed E-state index contributed by atoms with van der Waals surface area (Å²) in [5.41, 5.74) is 1.19. The average molecular weight is 323 g/mol. The van der Waals surface area contributed by atoms with Gasteiger partial charge in [0, 0.05) is 12.0 Å². The number of aldehydes is 1. The summed E-state index contributed by atoms with van der Waals surface area (Å²) >= 11 is 0. The third-order valence-electron chi connectivity index (χ3n) is 4.02. The quantitative estimate of drug-likeness (QED) is 0.669. The van der Waals surface area contributed by atoms with Gasteiger partial charge in [0.25, 0.3) is 11.8 Å². The number of amides is 2. The molecule has 2 amide bonds. The number of carbonyl (C=O) groups is 4. The fourth-order valence-electron chi connectivity index (χ4n) is 2.82. The Morgan fingerprint density at radius 1 is 1.00 bits per heavy atom. The first-order valence-corrected chi connectivity index (χ1v) is 7.27. The molecule has 1 aliphatic heterocycles. The zero-order valence-corrected chi connectivity index (χ0v) is 12.5. The minimum atomic E-state index is -1.38. The number of aliphatic carboxylic acids is 1. The van der Waals surface area contributed by atoms with Gasteiger partial charge in [0.2, 0.25) is 0 Å². The molecule has 6 nitrogen and oxygen atoms in total. The van der Waals surface area contributed by atoms with E-state index < -0.39 is 23.8 Å². The van der Waals surface area contributed by atoms with Crippen LogP contribution in [-0.2, 0) is 11.2 Å². The fourth-order valence-corrected chi connectivity index (χ4v) is 2.82. The molecule has 0 radical (unpaired) electrons. The first-order valence-electron chi connectivity index (χ1n) is 7.27. The molecule has 1 N–H and O–H groups in total. The SMILES string of the molecule is O=Cc1ccccc1C[C@H](C(=O)O)N1C(=O)c2ccccc2C1=O. The van der Waals surface area contributed by atoms with Crippen LogP contribution in [0.15, 0.2) is 48.5 Å². The van der Waals surface area contributed by atoms with Crippen LogP contribution >= 0.6 is 0 Å². The monoisotopic (exact) mass is 323 g/mol. The van der Waals surface area contributed by atoms with Gasteiger partial charge in [0.1, 0.15) is 12.3 Å². The molecule has 120 valence electrons. The van der Waals surface area contributed by atoms with E-state index in [4.69, 9.17) is 0 Å². The van der Waals surface area contributed by atoms with Gasteiger partial charge < -0.3 is 5.11 Å². The maximum Gasteiger partial charge on any atom is 0.327 e. The van der Waals surface area contributed by atoms with Crippen LogP contribution in [0.5, 0.6) is 0 Å². The number of rotatable bonds is 5. The Hall–Kier alpha value is -3.28. The molecule has 2 aromatic carbocycles. The van der Waals surface area contributed by atoms with Crippen LogP contribution in [0.2, 0.25) is 0 Å². The minimum absolute atomic E-state index is 0.129.